The Kier molecular flexibility index (Phi) is 5.69. The van der Waals surface area contributed by atoms with Crippen molar-refractivity contribution < 1.29 is 14.8 Å². The lowest BCUT2D eigenvalue weighted by Gasteiger charge is -2.26. The molecule has 0 fully saturated rings. The first-order valence-corrected chi connectivity index (χ1v) is 8.56. The van der Waals surface area contributed by atoms with E-state index in [1.807, 2.05) is 0 Å². The summed E-state index contributed by atoms with van der Waals surface area (Å²) in [6.07, 6.45) is 0. The molecule has 0 aliphatic heterocycles. The fraction of sp³-hybridized carbons (Fsp3) is 0. The molecule has 0 aliphatic carbocycles. The molecule has 0 aromatic heterocycles. The molecule has 31 heavy (non-hydrogen) atoms. The Morgan fingerprint density at radius 2 is 1.26 bits per heavy atom. The second-order valence-corrected chi connectivity index (χ2v) is 6.01. The number of nitriles is 1. The average Bonchev–Trinajstić information content (AvgIpc) is 2.77. The van der Waals surface area contributed by atoms with E-state index in [2.05, 4.69) is 5.43 Å². The van der Waals surface area contributed by atoms with Crippen LogP contribution in [0.4, 0.5) is 34.1 Å². The minimum absolute atomic E-state index is 0.467. The van der Waals surface area contributed by atoms with E-state index >= 15 is 0 Å². The molecule has 12 nitrogen and oxygen atoms in total. The van der Waals surface area contributed by atoms with E-state index in [-0.39, 0.29) is 0 Å². The smallest absolute Gasteiger partial charge is 0.282 e. The predicted octanol–water partition coefficient (Wildman–Crippen LogP) is 4.45. The van der Waals surface area contributed by atoms with Crippen LogP contribution in [0.3, 0.4) is 0 Å². The summed E-state index contributed by atoms with van der Waals surface area (Å²) in [5, 5.41) is 45.4. The molecule has 0 amide bonds. The SMILES string of the molecule is N#Cc1c([N+](=O)[O-])cc([N+](=O)[O-])c(NN(c2ccccc2)c2ccccc2)c1[N+](=O)[O-]. The van der Waals surface area contributed by atoms with Crippen LogP contribution in [0.1, 0.15) is 5.56 Å². The van der Waals surface area contributed by atoms with Gasteiger partial charge in [-0.15, -0.1) is 0 Å². The van der Waals surface area contributed by atoms with Gasteiger partial charge in [0.25, 0.3) is 0 Å². The lowest BCUT2D eigenvalue weighted by atomic mass is 10.1. The summed E-state index contributed by atoms with van der Waals surface area (Å²) >= 11 is 0. The average molecular weight is 420 g/mol. The topological polar surface area (TPSA) is 168 Å². The van der Waals surface area contributed by atoms with Crippen molar-refractivity contribution in [3.05, 3.63) is 103 Å². The van der Waals surface area contributed by atoms with Crippen LogP contribution >= 0.6 is 0 Å². The quantitative estimate of drug-likeness (QED) is 0.428. The Bertz CT molecular complexity index is 1170. The van der Waals surface area contributed by atoms with E-state index in [1.54, 1.807) is 60.7 Å². The predicted molar refractivity (Wildman–Crippen MR) is 110 cm³/mol. The third-order valence-corrected chi connectivity index (χ3v) is 4.20. The van der Waals surface area contributed by atoms with Gasteiger partial charge in [-0.2, -0.15) is 5.26 Å². The van der Waals surface area contributed by atoms with E-state index in [9.17, 15) is 35.6 Å². The van der Waals surface area contributed by atoms with Crippen LogP contribution in [-0.4, -0.2) is 14.8 Å². The molecule has 0 radical (unpaired) electrons. The molecule has 0 spiro atoms. The molecule has 154 valence electrons. The number of benzene rings is 3. The van der Waals surface area contributed by atoms with Crippen molar-refractivity contribution in [3.8, 4) is 6.07 Å². The Balaban J connectivity index is 2.31. The van der Waals surface area contributed by atoms with Gasteiger partial charge in [0, 0.05) is 0 Å². The van der Waals surface area contributed by atoms with E-state index in [1.165, 1.54) is 11.1 Å². The summed E-state index contributed by atoms with van der Waals surface area (Å²) in [7, 11) is 0. The third kappa shape index (κ3) is 4.05. The van der Waals surface area contributed by atoms with E-state index in [4.69, 9.17) is 0 Å². The van der Waals surface area contributed by atoms with Crippen molar-refractivity contribution in [2.75, 3.05) is 10.4 Å². The zero-order valence-electron chi connectivity index (χ0n) is 15.5. The number of rotatable bonds is 7. The van der Waals surface area contributed by atoms with Crippen LogP contribution in [0.25, 0.3) is 0 Å². The summed E-state index contributed by atoms with van der Waals surface area (Å²) in [6, 6.07) is 18.8. The van der Waals surface area contributed by atoms with Gasteiger partial charge in [0.2, 0.25) is 11.3 Å². The van der Waals surface area contributed by atoms with Crippen LogP contribution < -0.4 is 10.4 Å². The molecule has 0 bridgehead atoms. The number of nitro groups is 3. The third-order valence-electron chi connectivity index (χ3n) is 4.20. The minimum atomic E-state index is -1.07. The van der Waals surface area contributed by atoms with E-state index in [0.717, 1.165) is 0 Å². The second kappa shape index (κ2) is 8.53. The molecule has 0 atom stereocenters. The van der Waals surface area contributed by atoms with Crippen molar-refractivity contribution in [2.24, 2.45) is 0 Å². The molecular formula is C19H12N6O6. The zero-order chi connectivity index (χ0) is 22.5. The van der Waals surface area contributed by atoms with Crippen molar-refractivity contribution in [1.29, 1.82) is 5.26 Å². The van der Waals surface area contributed by atoms with Crippen LogP contribution in [0.2, 0.25) is 0 Å². The molecule has 3 aromatic carbocycles. The number of anilines is 3. The Morgan fingerprint density at radius 1 is 0.774 bits per heavy atom. The van der Waals surface area contributed by atoms with Gasteiger partial charge in [-0.3, -0.25) is 40.8 Å². The maximum Gasteiger partial charge on any atom is 0.325 e. The Labute approximate surface area is 174 Å². The van der Waals surface area contributed by atoms with Crippen LogP contribution in [0.15, 0.2) is 66.7 Å². The maximum atomic E-state index is 11.8. The molecule has 0 aliphatic rings. The highest BCUT2D eigenvalue weighted by Gasteiger charge is 2.38. The van der Waals surface area contributed by atoms with Gasteiger partial charge < -0.3 is 0 Å². The van der Waals surface area contributed by atoms with Crippen molar-refractivity contribution >= 4 is 34.1 Å². The van der Waals surface area contributed by atoms with Crippen molar-refractivity contribution in [1.82, 2.24) is 0 Å². The van der Waals surface area contributed by atoms with Gasteiger partial charge in [-0.05, 0) is 24.3 Å². The highest BCUT2D eigenvalue weighted by atomic mass is 16.6. The van der Waals surface area contributed by atoms with Gasteiger partial charge in [-0.1, -0.05) is 36.4 Å². The molecule has 0 saturated carbocycles. The highest BCUT2D eigenvalue weighted by Crippen LogP contribution is 2.43. The van der Waals surface area contributed by atoms with Crippen molar-refractivity contribution in [2.45, 2.75) is 0 Å². The van der Waals surface area contributed by atoms with Gasteiger partial charge in [0.15, 0.2) is 0 Å². The first-order valence-electron chi connectivity index (χ1n) is 8.56. The number of para-hydroxylation sites is 2. The number of nitro benzene ring substituents is 3. The molecule has 3 aromatic rings. The molecule has 12 heteroatoms. The number of nitrogens with one attached hydrogen (secondary N) is 1. The Hall–Kier alpha value is -5.05. The zero-order valence-corrected chi connectivity index (χ0v) is 15.5. The first kappa shape index (κ1) is 20.7. The van der Waals surface area contributed by atoms with Gasteiger partial charge in [0.1, 0.15) is 6.07 Å². The largest absolute Gasteiger partial charge is 0.325 e. The van der Waals surface area contributed by atoms with Crippen LogP contribution in [0, 0.1) is 41.7 Å². The molecule has 3 rings (SSSR count). The highest BCUT2D eigenvalue weighted by molar-refractivity contribution is 5.85. The lowest BCUT2D eigenvalue weighted by molar-refractivity contribution is -0.402. The second-order valence-electron chi connectivity index (χ2n) is 6.01. The van der Waals surface area contributed by atoms with E-state index < -0.39 is 43.1 Å². The van der Waals surface area contributed by atoms with Crippen LogP contribution in [0.5, 0.6) is 0 Å². The summed E-state index contributed by atoms with van der Waals surface area (Å²) < 4.78 is 0. The standard InChI is InChI=1S/C19H12N6O6/c20-12-15-16(23(26)27)11-17(24(28)29)18(19(15)25(30)31)21-22(13-7-3-1-4-8-13)14-9-5-2-6-10-14/h1-11,21H. The molecule has 0 heterocycles. The molecular weight excluding hydrogens is 408 g/mol. The number of hydrogen-bond acceptors (Lipinski definition) is 9. The number of hydrazine groups is 1. The fourth-order valence-electron chi connectivity index (χ4n) is 2.88. The van der Waals surface area contributed by atoms with Crippen LogP contribution in [-0.2, 0) is 0 Å². The summed E-state index contributed by atoms with van der Waals surface area (Å²) in [6.45, 7) is 0. The normalized spacial score (nSPS) is 10.0. The first-order chi connectivity index (χ1) is 14.8. The lowest BCUT2D eigenvalue weighted by Crippen LogP contribution is -2.26. The molecule has 0 saturated heterocycles. The van der Waals surface area contributed by atoms with Gasteiger partial charge in [0.05, 0.1) is 32.2 Å². The van der Waals surface area contributed by atoms with Crippen molar-refractivity contribution in [3.63, 3.8) is 0 Å². The number of nitrogens with zero attached hydrogens (tertiary/aromatic N) is 5. The maximum absolute atomic E-state index is 11.8. The fourth-order valence-corrected chi connectivity index (χ4v) is 2.88. The van der Waals surface area contributed by atoms with Gasteiger partial charge in [-0.25, -0.2) is 0 Å². The van der Waals surface area contributed by atoms with E-state index in [0.29, 0.717) is 17.4 Å². The summed E-state index contributed by atoms with van der Waals surface area (Å²) in [5.74, 6) is 0. The van der Waals surface area contributed by atoms with Gasteiger partial charge >= 0.3 is 17.1 Å². The molecule has 0 unspecified atom stereocenters. The monoisotopic (exact) mass is 420 g/mol. The number of hydrogen-bond donors (Lipinski definition) is 1. The minimum Gasteiger partial charge on any atom is -0.282 e. The Morgan fingerprint density at radius 3 is 1.65 bits per heavy atom. The summed E-state index contributed by atoms with van der Waals surface area (Å²) in [5.41, 5.74) is -1.02. The molecule has 1 N–H and O–H groups in total. The summed E-state index contributed by atoms with van der Waals surface area (Å²) in [4.78, 5) is 31.6.